The molecule has 1 fully saturated rings. The molecule has 0 heterocycles. The fraction of sp³-hybridized carbons (Fsp3) is 0.438. The number of hydrogen-bond acceptors (Lipinski definition) is 3. The van der Waals surface area contributed by atoms with Crippen LogP contribution in [0.5, 0.6) is 0 Å². The van der Waals surface area contributed by atoms with E-state index in [1.165, 1.54) is 18.7 Å². The van der Waals surface area contributed by atoms with E-state index in [1.54, 1.807) is 24.3 Å². The maximum atomic E-state index is 12.5. The average Bonchev–Trinajstić information content (AvgIpc) is 3.30. The monoisotopic (exact) mass is 304 g/mol. The molecular weight excluding hydrogens is 284 g/mol. The van der Waals surface area contributed by atoms with Crippen molar-refractivity contribution < 1.29 is 19.5 Å². The van der Waals surface area contributed by atoms with Crippen LogP contribution in [0.4, 0.5) is 0 Å². The van der Waals surface area contributed by atoms with E-state index in [1.807, 2.05) is 0 Å². The summed E-state index contributed by atoms with van der Waals surface area (Å²) in [7, 11) is 0. The van der Waals surface area contributed by atoms with Gasteiger partial charge in [0.05, 0.1) is 0 Å². The van der Waals surface area contributed by atoms with E-state index in [2.05, 4.69) is 5.32 Å². The molecule has 1 unspecified atom stereocenters. The minimum absolute atomic E-state index is 0.0256. The number of carbonyl (C=O) groups is 3. The Kier molecular flexibility index (Phi) is 4.80. The predicted octanol–water partition coefficient (Wildman–Crippen LogP) is 1.40. The van der Waals surface area contributed by atoms with Crippen molar-refractivity contribution in [2.45, 2.75) is 45.3 Å². The van der Waals surface area contributed by atoms with Gasteiger partial charge in [0.1, 0.15) is 6.04 Å². The molecule has 0 spiro atoms. The SMILES string of the molecule is CC(=O)NCc1ccc(C(=O)N(C2CC2)C(C)C(=O)O)cc1. The fourth-order valence-corrected chi connectivity index (χ4v) is 2.27. The number of carboxylic acid groups (broad SMARTS) is 1. The minimum Gasteiger partial charge on any atom is -0.480 e. The Labute approximate surface area is 129 Å². The number of carbonyl (C=O) groups excluding carboxylic acids is 2. The van der Waals surface area contributed by atoms with Crippen LogP contribution in [-0.2, 0) is 16.1 Å². The summed E-state index contributed by atoms with van der Waals surface area (Å²) in [5.41, 5.74) is 1.35. The Hall–Kier alpha value is -2.37. The average molecular weight is 304 g/mol. The van der Waals surface area contributed by atoms with E-state index in [4.69, 9.17) is 5.11 Å². The molecule has 0 aliphatic heterocycles. The van der Waals surface area contributed by atoms with E-state index >= 15 is 0 Å². The van der Waals surface area contributed by atoms with Crippen LogP contribution in [-0.4, -0.2) is 39.9 Å². The van der Waals surface area contributed by atoms with Gasteiger partial charge in [-0.05, 0) is 37.5 Å². The second-order valence-corrected chi connectivity index (χ2v) is 5.56. The number of carboxylic acids is 1. The van der Waals surface area contributed by atoms with Gasteiger partial charge in [-0.3, -0.25) is 9.59 Å². The summed E-state index contributed by atoms with van der Waals surface area (Å²) >= 11 is 0. The van der Waals surface area contributed by atoms with Crippen molar-refractivity contribution in [3.05, 3.63) is 35.4 Å². The predicted molar refractivity (Wildman–Crippen MR) is 80.3 cm³/mol. The zero-order valence-corrected chi connectivity index (χ0v) is 12.7. The van der Waals surface area contributed by atoms with Gasteiger partial charge in [0.25, 0.3) is 5.91 Å². The fourth-order valence-electron chi connectivity index (χ4n) is 2.27. The number of nitrogens with one attached hydrogen (secondary N) is 1. The number of amides is 2. The third-order valence-corrected chi connectivity index (χ3v) is 3.69. The maximum Gasteiger partial charge on any atom is 0.326 e. The van der Waals surface area contributed by atoms with Crippen LogP contribution in [0, 0.1) is 0 Å². The molecular formula is C16H20N2O4. The molecule has 0 radical (unpaired) electrons. The lowest BCUT2D eigenvalue weighted by molar-refractivity contribution is -0.141. The van der Waals surface area contributed by atoms with Crippen LogP contribution in [0.15, 0.2) is 24.3 Å². The standard InChI is InChI=1S/C16H20N2O4/c1-10(16(21)22)18(14-7-8-14)15(20)13-5-3-12(4-6-13)9-17-11(2)19/h3-6,10,14H,7-9H2,1-2H3,(H,17,19)(H,21,22). The van der Waals surface area contributed by atoms with Gasteiger partial charge in [-0.15, -0.1) is 0 Å². The molecule has 1 atom stereocenters. The van der Waals surface area contributed by atoms with Crippen LogP contribution in [0.2, 0.25) is 0 Å². The van der Waals surface area contributed by atoms with Gasteiger partial charge in [-0.1, -0.05) is 12.1 Å². The van der Waals surface area contributed by atoms with Crippen molar-refractivity contribution in [1.29, 1.82) is 0 Å². The molecule has 2 N–H and O–H groups in total. The van der Waals surface area contributed by atoms with E-state index < -0.39 is 12.0 Å². The number of hydrogen-bond donors (Lipinski definition) is 2. The molecule has 1 saturated carbocycles. The van der Waals surface area contributed by atoms with Gasteiger partial charge in [-0.2, -0.15) is 0 Å². The highest BCUT2D eigenvalue weighted by molar-refractivity contribution is 5.97. The van der Waals surface area contributed by atoms with E-state index in [-0.39, 0.29) is 17.9 Å². The highest BCUT2D eigenvalue weighted by Crippen LogP contribution is 2.30. The molecule has 0 bridgehead atoms. The number of aliphatic carboxylic acids is 1. The van der Waals surface area contributed by atoms with Gasteiger partial charge in [-0.25, -0.2) is 4.79 Å². The highest BCUT2D eigenvalue weighted by Gasteiger charge is 2.38. The first-order valence-electron chi connectivity index (χ1n) is 7.29. The van der Waals surface area contributed by atoms with Crippen molar-refractivity contribution in [1.82, 2.24) is 10.2 Å². The van der Waals surface area contributed by atoms with E-state index in [0.29, 0.717) is 12.1 Å². The third-order valence-electron chi connectivity index (χ3n) is 3.69. The Morgan fingerprint density at radius 3 is 2.32 bits per heavy atom. The Morgan fingerprint density at radius 1 is 1.27 bits per heavy atom. The largest absolute Gasteiger partial charge is 0.480 e. The first-order chi connectivity index (χ1) is 10.4. The summed E-state index contributed by atoms with van der Waals surface area (Å²) in [6.07, 6.45) is 1.70. The van der Waals surface area contributed by atoms with Crippen LogP contribution in [0.1, 0.15) is 42.6 Å². The molecule has 6 nitrogen and oxygen atoms in total. The normalized spacial score (nSPS) is 15.0. The molecule has 118 valence electrons. The smallest absolute Gasteiger partial charge is 0.326 e. The Bertz CT molecular complexity index is 578. The summed E-state index contributed by atoms with van der Waals surface area (Å²) in [4.78, 5) is 36.0. The molecule has 1 aromatic rings. The van der Waals surface area contributed by atoms with Crippen molar-refractivity contribution in [3.63, 3.8) is 0 Å². The lowest BCUT2D eigenvalue weighted by atomic mass is 10.1. The van der Waals surface area contributed by atoms with E-state index in [9.17, 15) is 14.4 Å². The number of rotatable bonds is 6. The van der Waals surface area contributed by atoms with Gasteiger partial charge in [0, 0.05) is 25.1 Å². The Balaban J connectivity index is 2.10. The van der Waals surface area contributed by atoms with Gasteiger partial charge < -0.3 is 15.3 Å². The summed E-state index contributed by atoms with van der Waals surface area (Å²) in [5, 5.41) is 11.8. The lowest BCUT2D eigenvalue weighted by Crippen LogP contribution is -2.44. The summed E-state index contributed by atoms with van der Waals surface area (Å²) in [5.74, 6) is -1.37. The van der Waals surface area contributed by atoms with Crippen LogP contribution >= 0.6 is 0 Å². The lowest BCUT2D eigenvalue weighted by Gasteiger charge is -2.26. The van der Waals surface area contributed by atoms with Gasteiger partial charge >= 0.3 is 5.97 Å². The molecule has 1 aromatic carbocycles. The summed E-state index contributed by atoms with van der Waals surface area (Å²) in [6, 6.07) is 6.06. The Morgan fingerprint density at radius 2 is 1.86 bits per heavy atom. The molecule has 1 aliphatic carbocycles. The van der Waals surface area contributed by atoms with Gasteiger partial charge in [0.15, 0.2) is 0 Å². The van der Waals surface area contributed by atoms with Crippen LogP contribution < -0.4 is 5.32 Å². The quantitative estimate of drug-likeness (QED) is 0.831. The molecule has 2 rings (SSSR count). The second-order valence-electron chi connectivity index (χ2n) is 5.56. The molecule has 0 aromatic heterocycles. The first kappa shape index (κ1) is 16.0. The summed E-state index contributed by atoms with van der Waals surface area (Å²) in [6.45, 7) is 3.38. The van der Waals surface area contributed by atoms with Crippen LogP contribution in [0.3, 0.4) is 0 Å². The highest BCUT2D eigenvalue weighted by atomic mass is 16.4. The van der Waals surface area contributed by atoms with Crippen molar-refractivity contribution in [2.24, 2.45) is 0 Å². The molecule has 0 saturated heterocycles. The van der Waals surface area contributed by atoms with Gasteiger partial charge in [0.2, 0.25) is 5.91 Å². The van der Waals surface area contributed by atoms with Crippen molar-refractivity contribution >= 4 is 17.8 Å². The zero-order valence-electron chi connectivity index (χ0n) is 12.7. The maximum absolute atomic E-state index is 12.5. The molecule has 22 heavy (non-hydrogen) atoms. The third kappa shape index (κ3) is 3.84. The molecule has 6 heteroatoms. The topological polar surface area (TPSA) is 86.7 Å². The zero-order chi connectivity index (χ0) is 16.3. The van der Waals surface area contributed by atoms with Crippen molar-refractivity contribution in [2.75, 3.05) is 0 Å². The van der Waals surface area contributed by atoms with E-state index in [0.717, 1.165) is 18.4 Å². The summed E-state index contributed by atoms with van der Waals surface area (Å²) < 4.78 is 0. The first-order valence-corrected chi connectivity index (χ1v) is 7.29. The molecule has 2 amide bonds. The molecule has 1 aliphatic rings. The minimum atomic E-state index is -0.998. The second kappa shape index (κ2) is 6.60. The number of benzene rings is 1. The van der Waals surface area contributed by atoms with Crippen molar-refractivity contribution in [3.8, 4) is 0 Å². The number of nitrogens with zero attached hydrogens (tertiary/aromatic N) is 1. The van der Waals surface area contributed by atoms with Crippen LogP contribution in [0.25, 0.3) is 0 Å².